The minimum absolute atomic E-state index is 0.0732. The maximum Gasteiger partial charge on any atom is 0.0702 e. The molecule has 19 heavy (non-hydrogen) atoms. The second-order valence-electron chi connectivity index (χ2n) is 5.88. The van der Waals surface area contributed by atoms with Crippen LogP contribution >= 0.6 is 11.6 Å². The van der Waals surface area contributed by atoms with E-state index in [0.29, 0.717) is 11.1 Å². The molecule has 3 rings (SSSR count). The Kier molecular flexibility index (Phi) is 3.99. The summed E-state index contributed by atoms with van der Waals surface area (Å²) in [6, 6.07) is 6.62. The van der Waals surface area contributed by atoms with Crippen LogP contribution in [0.15, 0.2) is 18.2 Å². The van der Waals surface area contributed by atoms with Gasteiger partial charge < -0.3 is 10.0 Å². The van der Waals surface area contributed by atoms with Crippen LogP contribution in [0, 0.1) is 5.92 Å². The van der Waals surface area contributed by atoms with Gasteiger partial charge in [0.1, 0.15) is 0 Å². The van der Waals surface area contributed by atoms with Gasteiger partial charge in [-0.2, -0.15) is 0 Å². The van der Waals surface area contributed by atoms with Crippen LogP contribution in [-0.4, -0.2) is 17.7 Å². The van der Waals surface area contributed by atoms with E-state index in [9.17, 15) is 5.11 Å². The van der Waals surface area contributed by atoms with Crippen LogP contribution in [0.2, 0.25) is 5.02 Å². The van der Waals surface area contributed by atoms with Gasteiger partial charge in [-0.25, -0.2) is 0 Å². The first kappa shape index (κ1) is 13.3. The van der Waals surface area contributed by atoms with Crippen LogP contribution < -0.4 is 4.90 Å². The summed E-state index contributed by atoms with van der Waals surface area (Å²) in [7, 11) is 0. The number of aliphatic hydroxyl groups excluding tert-OH is 1. The molecule has 1 heterocycles. The van der Waals surface area contributed by atoms with Crippen molar-refractivity contribution in [2.45, 2.75) is 51.2 Å². The van der Waals surface area contributed by atoms with Crippen molar-refractivity contribution in [2.75, 3.05) is 11.4 Å². The fourth-order valence-electron chi connectivity index (χ4n) is 3.88. The van der Waals surface area contributed by atoms with Crippen LogP contribution in [0.4, 0.5) is 5.69 Å². The van der Waals surface area contributed by atoms with Crippen molar-refractivity contribution in [1.29, 1.82) is 0 Å². The van der Waals surface area contributed by atoms with Crippen LogP contribution in [0.3, 0.4) is 0 Å². The van der Waals surface area contributed by atoms with Crippen LogP contribution in [0.1, 0.15) is 44.1 Å². The molecule has 1 aromatic carbocycles. The number of hydrogen-bond acceptors (Lipinski definition) is 2. The minimum Gasteiger partial charge on any atom is -0.392 e. The topological polar surface area (TPSA) is 23.5 Å². The summed E-state index contributed by atoms with van der Waals surface area (Å²) in [6.07, 6.45) is 8.07. The number of piperidine rings is 1. The predicted molar refractivity (Wildman–Crippen MR) is 79.7 cm³/mol. The zero-order valence-electron chi connectivity index (χ0n) is 11.3. The number of fused-ring (bicyclic) bond motifs is 1. The summed E-state index contributed by atoms with van der Waals surface area (Å²) >= 11 is 6.04. The molecule has 1 saturated carbocycles. The lowest BCUT2D eigenvalue weighted by Gasteiger charge is -2.46. The molecule has 1 saturated heterocycles. The first-order valence-electron chi connectivity index (χ1n) is 7.45. The van der Waals surface area contributed by atoms with Crippen molar-refractivity contribution in [1.82, 2.24) is 0 Å². The van der Waals surface area contributed by atoms with E-state index >= 15 is 0 Å². The maximum absolute atomic E-state index is 9.58. The zero-order chi connectivity index (χ0) is 13.2. The zero-order valence-corrected chi connectivity index (χ0v) is 12.1. The van der Waals surface area contributed by atoms with Crippen molar-refractivity contribution in [3.05, 3.63) is 28.8 Å². The molecule has 2 aliphatic rings. The Morgan fingerprint density at radius 1 is 1.16 bits per heavy atom. The number of hydrogen-bond donors (Lipinski definition) is 1. The van der Waals surface area contributed by atoms with E-state index in [2.05, 4.69) is 11.0 Å². The number of anilines is 1. The summed E-state index contributed by atoms with van der Waals surface area (Å²) < 4.78 is 0. The van der Waals surface area contributed by atoms with E-state index in [4.69, 9.17) is 11.6 Å². The second kappa shape index (κ2) is 5.72. The average Bonchev–Trinajstić information content (AvgIpc) is 2.46. The van der Waals surface area contributed by atoms with E-state index in [1.165, 1.54) is 44.2 Å². The SMILES string of the molecule is OCc1cc(Cl)ccc1N1CCC[C@H]2CCCC[C@H]21. The summed E-state index contributed by atoms with van der Waals surface area (Å²) in [4.78, 5) is 2.54. The van der Waals surface area contributed by atoms with Crippen molar-refractivity contribution < 1.29 is 5.11 Å². The van der Waals surface area contributed by atoms with Gasteiger partial charge in [-0.15, -0.1) is 0 Å². The van der Waals surface area contributed by atoms with Gasteiger partial charge in [-0.3, -0.25) is 0 Å². The molecule has 0 aromatic heterocycles. The number of nitrogens with zero attached hydrogens (tertiary/aromatic N) is 1. The lowest BCUT2D eigenvalue weighted by Crippen LogP contribution is -2.47. The highest BCUT2D eigenvalue weighted by Gasteiger charge is 2.33. The third kappa shape index (κ3) is 2.61. The summed E-state index contributed by atoms with van der Waals surface area (Å²) in [5.41, 5.74) is 2.17. The second-order valence-corrected chi connectivity index (χ2v) is 6.32. The Labute approximate surface area is 120 Å². The van der Waals surface area contributed by atoms with Gasteiger partial charge in [-0.05, 0) is 49.8 Å². The summed E-state index contributed by atoms with van der Waals surface area (Å²) in [5, 5.41) is 10.3. The highest BCUT2D eigenvalue weighted by atomic mass is 35.5. The smallest absolute Gasteiger partial charge is 0.0702 e. The molecule has 0 radical (unpaired) electrons. The molecule has 1 N–H and O–H groups in total. The molecule has 104 valence electrons. The first-order valence-corrected chi connectivity index (χ1v) is 7.83. The third-order valence-electron chi connectivity index (χ3n) is 4.76. The molecule has 0 spiro atoms. The van der Waals surface area contributed by atoms with Gasteiger partial charge >= 0.3 is 0 Å². The van der Waals surface area contributed by atoms with Gasteiger partial charge in [-0.1, -0.05) is 24.4 Å². The van der Waals surface area contributed by atoms with Gasteiger partial charge in [0.25, 0.3) is 0 Å². The van der Waals surface area contributed by atoms with Crippen LogP contribution in [0.25, 0.3) is 0 Å². The number of benzene rings is 1. The Morgan fingerprint density at radius 3 is 2.79 bits per heavy atom. The molecule has 1 aromatic rings. The van der Waals surface area contributed by atoms with E-state index < -0.39 is 0 Å². The van der Waals surface area contributed by atoms with Crippen LogP contribution in [0.5, 0.6) is 0 Å². The van der Waals surface area contributed by atoms with Gasteiger partial charge in [0.05, 0.1) is 6.61 Å². The minimum atomic E-state index is 0.0732. The Hall–Kier alpha value is -0.730. The first-order chi connectivity index (χ1) is 9.29. The molecule has 1 aliphatic carbocycles. The van der Waals surface area contributed by atoms with Gasteiger partial charge in [0.2, 0.25) is 0 Å². The standard InChI is InChI=1S/C16H22ClNO/c17-14-7-8-16(13(10-14)11-19)18-9-3-5-12-4-1-2-6-15(12)18/h7-8,10,12,15,19H,1-6,9,11H2/t12-,15-/m1/s1. The molecular weight excluding hydrogens is 258 g/mol. The summed E-state index contributed by atoms with van der Waals surface area (Å²) in [5.74, 6) is 0.852. The van der Waals surface area contributed by atoms with Crippen molar-refractivity contribution in [3.63, 3.8) is 0 Å². The molecule has 2 fully saturated rings. The average molecular weight is 280 g/mol. The monoisotopic (exact) mass is 279 g/mol. The Balaban J connectivity index is 1.91. The lowest BCUT2D eigenvalue weighted by atomic mass is 9.78. The summed E-state index contributed by atoms with van der Waals surface area (Å²) in [6.45, 7) is 1.19. The molecule has 0 amide bonds. The van der Waals surface area contributed by atoms with Crippen LogP contribution in [-0.2, 0) is 6.61 Å². The number of rotatable bonds is 2. The van der Waals surface area contributed by atoms with Gasteiger partial charge in [0.15, 0.2) is 0 Å². The Bertz CT molecular complexity index is 446. The number of halogens is 1. The van der Waals surface area contributed by atoms with Gasteiger partial charge in [0, 0.05) is 28.9 Å². The fourth-order valence-corrected chi connectivity index (χ4v) is 4.08. The Morgan fingerprint density at radius 2 is 1.95 bits per heavy atom. The normalized spacial score (nSPS) is 27.2. The third-order valence-corrected chi connectivity index (χ3v) is 5.00. The van der Waals surface area contributed by atoms with E-state index in [-0.39, 0.29) is 6.61 Å². The molecule has 2 nitrogen and oxygen atoms in total. The van der Waals surface area contributed by atoms with Crippen molar-refractivity contribution in [2.24, 2.45) is 5.92 Å². The predicted octanol–water partition coefficient (Wildman–Crippen LogP) is 3.99. The van der Waals surface area contributed by atoms with E-state index in [1.807, 2.05) is 12.1 Å². The highest BCUT2D eigenvalue weighted by Crippen LogP contribution is 2.39. The molecule has 0 bridgehead atoms. The largest absolute Gasteiger partial charge is 0.392 e. The molecule has 0 unspecified atom stereocenters. The molecular formula is C16H22ClNO. The maximum atomic E-state index is 9.58. The quantitative estimate of drug-likeness (QED) is 0.885. The fraction of sp³-hybridized carbons (Fsp3) is 0.625. The highest BCUT2D eigenvalue weighted by molar-refractivity contribution is 6.30. The molecule has 1 aliphatic heterocycles. The number of aliphatic hydroxyl groups is 1. The lowest BCUT2D eigenvalue weighted by molar-refractivity contribution is 0.241. The molecule has 2 atom stereocenters. The molecule has 3 heteroatoms. The van der Waals surface area contributed by atoms with E-state index in [0.717, 1.165) is 18.0 Å². The van der Waals surface area contributed by atoms with Crippen molar-refractivity contribution >= 4 is 17.3 Å². The van der Waals surface area contributed by atoms with E-state index in [1.54, 1.807) is 0 Å². The van der Waals surface area contributed by atoms with Crippen molar-refractivity contribution in [3.8, 4) is 0 Å².